The van der Waals surface area contributed by atoms with Gasteiger partial charge in [0.1, 0.15) is 5.82 Å². The molecule has 1 aromatic rings. The van der Waals surface area contributed by atoms with E-state index in [0.29, 0.717) is 5.69 Å². The first-order valence-corrected chi connectivity index (χ1v) is 4.81. The van der Waals surface area contributed by atoms with Gasteiger partial charge in [-0.25, -0.2) is 4.39 Å². The van der Waals surface area contributed by atoms with Crippen LogP contribution in [0.1, 0.15) is 12.5 Å². The zero-order valence-corrected chi connectivity index (χ0v) is 8.97. The minimum Gasteiger partial charge on any atom is -0.466 e. The van der Waals surface area contributed by atoms with Gasteiger partial charge in [0.2, 0.25) is 0 Å². The molecule has 0 saturated carbocycles. The number of nitrogen functional groups attached to an aromatic ring is 1. The molecule has 0 spiro atoms. The van der Waals surface area contributed by atoms with E-state index in [1.54, 1.807) is 6.92 Å². The first kappa shape index (κ1) is 11.8. The fourth-order valence-electron chi connectivity index (χ4n) is 1.17. The van der Waals surface area contributed by atoms with E-state index in [2.05, 4.69) is 0 Å². The number of benzene rings is 1. The van der Waals surface area contributed by atoms with Crippen LogP contribution in [0.2, 0.25) is 5.02 Å². The maximum Gasteiger partial charge on any atom is 0.310 e. The van der Waals surface area contributed by atoms with Gasteiger partial charge in [0, 0.05) is 11.3 Å². The highest BCUT2D eigenvalue weighted by molar-refractivity contribution is 6.31. The summed E-state index contributed by atoms with van der Waals surface area (Å²) in [6, 6.07) is 2.67. The summed E-state index contributed by atoms with van der Waals surface area (Å²) in [5, 5.41) is -0.0886. The van der Waals surface area contributed by atoms with E-state index in [4.69, 9.17) is 22.1 Å². The van der Waals surface area contributed by atoms with Crippen molar-refractivity contribution in [2.75, 3.05) is 12.3 Å². The number of anilines is 1. The van der Waals surface area contributed by atoms with E-state index in [1.165, 1.54) is 12.1 Å². The molecule has 0 aliphatic carbocycles. The maximum absolute atomic E-state index is 13.4. The Hall–Kier alpha value is -1.29. The second-order valence-electron chi connectivity index (χ2n) is 2.96. The summed E-state index contributed by atoms with van der Waals surface area (Å²) in [5.74, 6) is -1.13. The molecule has 1 rings (SSSR count). The van der Waals surface area contributed by atoms with Crippen LogP contribution >= 0.6 is 11.6 Å². The Morgan fingerprint density at radius 1 is 1.60 bits per heavy atom. The number of carbonyl (C=O) groups excluding carboxylic acids is 1. The second-order valence-corrected chi connectivity index (χ2v) is 3.36. The molecule has 0 aromatic heterocycles. The van der Waals surface area contributed by atoms with Crippen molar-refractivity contribution in [3.05, 3.63) is 28.5 Å². The van der Waals surface area contributed by atoms with Gasteiger partial charge >= 0.3 is 5.97 Å². The van der Waals surface area contributed by atoms with Gasteiger partial charge in [-0.05, 0) is 19.1 Å². The quantitative estimate of drug-likeness (QED) is 0.641. The SMILES string of the molecule is CCOC(=O)Cc1cc(N)cc(Cl)c1F. The molecule has 0 saturated heterocycles. The molecule has 82 valence electrons. The van der Waals surface area contributed by atoms with Gasteiger partial charge in [-0.15, -0.1) is 0 Å². The number of nitrogens with two attached hydrogens (primary N) is 1. The Kier molecular flexibility index (Phi) is 3.91. The highest BCUT2D eigenvalue weighted by Crippen LogP contribution is 2.22. The van der Waals surface area contributed by atoms with Crippen LogP contribution in [0, 0.1) is 5.82 Å². The molecule has 0 bridgehead atoms. The number of hydrogen-bond donors (Lipinski definition) is 1. The molecular weight excluding hydrogens is 221 g/mol. The molecule has 3 nitrogen and oxygen atoms in total. The summed E-state index contributed by atoms with van der Waals surface area (Å²) < 4.78 is 18.1. The Morgan fingerprint density at radius 3 is 2.87 bits per heavy atom. The summed E-state index contributed by atoms with van der Waals surface area (Å²) in [6.45, 7) is 1.94. The van der Waals surface area contributed by atoms with Crippen molar-refractivity contribution in [3.63, 3.8) is 0 Å². The molecule has 0 aliphatic heterocycles. The molecule has 0 unspecified atom stereocenters. The summed E-state index contributed by atoms with van der Waals surface area (Å²) in [4.78, 5) is 11.1. The lowest BCUT2D eigenvalue weighted by atomic mass is 10.1. The number of halogens is 2. The Balaban J connectivity index is 2.89. The van der Waals surface area contributed by atoms with Gasteiger partial charge in [0.05, 0.1) is 18.1 Å². The minimum absolute atomic E-state index is 0.0886. The largest absolute Gasteiger partial charge is 0.466 e. The average Bonchev–Trinajstić information content (AvgIpc) is 2.13. The van der Waals surface area contributed by atoms with Crippen molar-refractivity contribution < 1.29 is 13.9 Å². The van der Waals surface area contributed by atoms with Crippen molar-refractivity contribution >= 4 is 23.3 Å². The molecule has 0 atom stereocenters. The Morgan fingerprint density at radius 2 is 2.27 bits per heavy atom. The fourth-order valence-corrected chi connectivity index (χ4v) is 1.41. The predicted molar refractivity (Wildman–Crippen MR) is 56.2 cm³/mol. The summed E-state index contributed by atoms with van der Waals surface area (Å²) in [5.41, 5.74) is 5.95. The monoisotopic (exact) mass is 231 g/mol. The average molecular weight is 232 g/mol. The zero-order valence-electron chi connectivity index (χ0n) is 8.22. The van der Waals surface area contributed by atoms with Crippen LogP contribution < -0.4 is 5.73 Å². The van der Waals surface area contributed by atoms with Crippen LogP contribution in [-0.2, 0) is 16.0 Å². The molecule has 0 fully saturated rings. The van der Waals surface area contributed by atoms with Crippen molar-refractivity contribution in [1.29, 1.82) is 0 Å². The van der Waals surface area contributed by atoms with Gasteiger partial charge in [0.25, 0.3) is 0 Å². The lowest BCUT2D eigenvalue weighted by molar-refractivity contribution is -0.142. The Labute approximate surface area is 92.0 Å². The molecule has 5 heteroatoms. The van der Waals surface area contributed by atoms with Crippen molar-refractivity contribution in [2.24, 2.45) is 0 Å². The summed E-state index contributed by atoms with van der Waals surface area (Å²) >= 11 is 5.57. The normalized spacial score (nSPS) is 10.1. The van der Waals surface area contributed by atoms with Crippen molar-refractivity contribution in [2.45, 2.75) is 13.3 Å². The van der Waals surface area contributed by atoms with Gasteiger partial charge in [-0.2, -0.15) is 0 Å². The van der Waals surface area contributed by atoms with E-state index in [9.17, 15) is 9.18 Å². The molecule has 0 heterocycles. The molecule has 1 aromatic carbocycles. The second kappa shape index (κ2) is 4.98. The van der Waals surface area contributed by atoms with Crippen LogP contribution in [0.25, 0.3) is 0 Å². The molecular formula is C10H11ClFNO2. The first-order valence-electron chi connectivity index (χ1n) is 4.43. The van der Waals surface area contributed by atoms with Gasteiger partial charge in [-0.3, -0.25) is 4.79 Å². The lowest BCUT2D eigenvalue weighted by Crippen LogP contribution is -2.09. The van der Waals surface area contributed by atoms with Gasteiger partial charge < -0.3 is 10.5 Å². The topological polar surface area (TPSA) is 52.3 Å². The molecule has 0 amide bonds. The van der Waals surface area contributed by atoms with Crippen LogP contribution in [0.5, 0.6) is 0 Å². The molecule has 0 aliphatic rings. The highest BCUT2D eigenvalue weighted by atomic mass is 35.5. The van der Waals surface area contributed by atoms with E-state index >= 15 is 0 Å². The van der Waals surface area contributed by atoms with Crippen LogP contribution in [-0.4, -0.2) is 12.6 Å². The van der Waals surface area contributed by atoms with E-state index in [0.717, 1.165) is 0 Å². The lowest BCUT2D eigenvalue weighted by Gasteiger charge is -2.06. The van der Waals surface area contributed by atoms with Gasteiger partial charge in [0.15, 0.2) is 0 Å². The number of ether oxygens (including phenoxy) is 1. The fraction of sp³-hybridized carbons (Fsp3) is 0.300. The van der Waals surface area contributed by atoms with E-state index in [-0.39, 0.29) is 23.6 Å². The number of carbonyl (C=O) groups is 1. The Bertz CT molecular complexity index is 382. The van der Waals surface area contributed by atoms with Crippen LogP contribution in [0.15, 0.2) is 12.1 Å². The number of hydrogen-bond acceptors (Lipinski definition) is 3. The predicted octanol–water partition coefficient (Wildman–Crippen LogP) is 2.17. The zero-order chi connectivity index (χ0) is 11.4. The third-order valence-corrected chi connectivity index (χ3v) is 2.04. The summed E-state index contributed by atoms with van der Waals surface area (Å²) in [6.07, 6.45) is -0.162. The van der Waals surface area contributed by atoms with E-state index in [1.807, 2.05) is 0 Å². The van der Waals surface area contributed by atoms with Crippen molar-refractivity contribution in [1.82, 2.24) is 0 Å². The number of rotatable bonds is 3. The van der Waals surface area contributed by atoms with Crippen molar-refractivity contribution in [3.8, 4) is 0 Å². The van der Waals surface area contributed by atoms with E-state index < -0.39 is 11.8 Å². The minimum atomic E-state index is -0.626. The molecule has 15 heavy (non-hydrogen) atoms. The van der Waals surface area contributed by atoms with Crippen LogP contribution in [0.4, 0.5) is 10.1 Å². The smallest absolute Gasteiger partial charge is 0.310 e. The number of esters is 1. The third kappa shape index (κ3) is 3.09. The highest BCUT2D eigenvalue weighted by Gasteiger charge is 2.12. The van der Waals surface area contributed by atoms with Gasteiger partial charge in [-0.1, -0.05) is 11.6 Å². The first-order chi connectivity index (χ1) is 7.04. The van der Waals surface area contributed by atoms with Crippen LogP contribution in [0.3, 0.4) is 0 Å². The molecule has 0 radical (unpaired) electrons. The summed E-state index contributed by atoms with van der Waals surface area (Å²) in [7, 11) is 0. The standard InChI is InChI=1S/C10H11ClFNO2/c1-2-15-9(14)4-6-3-7(13)5-8(11)10(6)12/h3,5H,2,4,13H2,1H3. The maximum atomic E-state index is 13.4. The third-order valence-electron chi connectivity index (χ3n) is 1.77. The molecule has 2 N–H and O–H groups in total.